The number of nitrogens with zero attached hydrogens (tertiary/aromatic N) is 24. The Labute approximate surface area is 1000 Å². The summed E-state index contributed by atoms with van der Waals surface area (Å²) >= 11 is 16.5. The summed E-state index contributed by atoms with van der Waals surface area (Å²) in [6.45, 7) is 51.9. The zero-order valence-electron chi connectivity index (χ0n) is 83.9. The van der Waals surface area contributed by atoms with Gasteiger partial charge in [-0.3, -0.25) is 0 Å². The summed E-state index contributed by atoms with van der Waals surface area (Å²) in [5, 5.41) is 118. The first-order valence-corrected chi connectivity index (χ1v) is 53.7. The molecule has 0 aliphatic rings. The minimum Gasteiger partial charge on any atom is -1.00 e. The van der Waals surface area contributed by atoms with Gasteiger partial charge < -0.3 is 222 Å². The van der Waals surface area contributed by atoms with E-state index in [0.29, 0.717) is 119 Å². The largest absolute Gasteiger partial charge is 1.00 e. The van der Waals surface area contributed by atoms with Crippen molar-refractivity contribution in [3.8, 4) is 0 Å². The summed E-state index contributed by atoms with van der Waals surface area (Å²) in [5.74, 6) is 0. The molecule has 0 fully saturated rings. The summed E-state index contributed by atoms with van der Waals surface area (Å²) in [5.41, 5.74) is -9.14. The summed E-state index contributed by atoms with van der Waals surface area (Å²) in [6, 6.07) is 0. The molecule has 0 aliphatic heterocycles. The standard InChI is InChI=1S/6C15H24N4O2.6Au.3Br2.3BrH/c6*1-14(2,20)9-16-5-7-18(11-16)13-19-8-6-17(12-19)10-15(3,4)21;;;;;;;3*1-2;;;/h6*5-8,20-21H,9-10,13H2,1-4H3;;;;;;;;;;3*1H/q;;;;;;6*+1;;;;;;/p-3. The number of hydrogen-bond acceptors (Lipinski definition) is 12. The third-order valence-corrected chi connectivity index (χ3v) is 16.7. The molecule has 12 heterocycles. The van der Waals surface area contributed by atoms with E-state index < -0.39 is 67.2 Å². The van der Waals surface area contributed by atoms with Crippen LogP contribution in [-0.4, -0.2) is 183 Å². The monoisotopic (exact) mass is 3650 g/mol. The summed E-state index contributed by atoms with van der Waals surface area (Å²) in [7, 11) is 0. The molecule has 12 aromatic rings. The molecular weight excluding hydrogens is 3510 g/mol. The molecule has 822 valence electrons. The molecule has 12 aromatic heterocycles. The van der Waals surface area contributed by atoms with Crippen molar-refractivity contribution in [2.24, 2.45) is 0 Å². The number of rotatable bonds is 36. The normalized spacial score (nSPS) is 11.6. The van der Waals surface area contributed by atoms with Crippen LogP contribution in [0.15, 0.2) is 149 Å². The maximum Gasteiger partial charge on any atom is 1.00 e. The Morgan fingerprint density at radius 1 is 0.163 bits per heavy atom. The van der Waals surface area contributed by atoms with Crippen molar-refractivity contribution in [1.82, 2.24) is 54.8 Å². The Hall–Kier alpha value is -1.20. The predicted molar refractivity (Wildman–Crippen MR) is 503 cm³/mol. The zero-order valence-corrected chi connectivity index (χ0v) is 111. The molecule has 0 aliphatic carbocycles. The van der Waals surface area contributed by atoms with Gasteiger partial charge >= 0.3 is 134 Å². The van der Waals surface area contributed by atoms with Crippen LogP contribution in [0.4, 0.5) is 0 Å². The molecule has 36 nitrogen and oxygen atoms in total. The fraction of sp³-hybridized carbons (Fsp3) is 0.600. The smallest absolute Gasteiger partial charge is 1.00 e. The Morgan fingerprint density at radius 3 is 0.340 bits per heavy atom. The number of aromatic nitrogens is 24. The quantitative estimate of drug-likeness (QED) is 0.00991. The predicted octanol–water partition coefficient (Wildman–Crippen LogP) is -6.85. The molecule has 0 bridgehead atoms. The van der Waals surface area contributed by atoms with Gasteiger partial charge in [-0.2, -0.15) is 0 Å². The van der Waals surface area contributed by atoms with Crippen LogP contribution in [0.2, 0.25) is 0 Å². The fourth-order valence-corrected chi connectivity index (χ4v) is 12.7. The van der Waals surface area contributed by atoms with E-state index >= 15 is 0 Å². The van der Waals surface area contributed by atoms with Crippen molar-refractivity contribution in [2.75, 3.05) is 0 Å². The number of aliphatic hydroxyl groups is 12. The van der Waals surface area contributed by atoms with Crippen molar-refractivity contribution in [3.63, 3.8) is 0 Å². The van der Waals surface area contributed by atoms with Crippen LogP contribution in [-0.2, 0) is 253 Å². The molecule has 0 saturated carbocycles. The van der Waals surface area contributed by atoms with Gasteiger partial charge in [-0.25, -0.2) is 0 Å². The number of hydrogen-bond donors (Lipinski definition) is 12. The summed E-state index contributed by atoms with van der Waals surface area (Å²) in [6.07, 6.45) is 83.2. The van der Waals surface area contributed by atoms with Gasteiger partial charge in [0.25, 0.3) is 0 Å². The maximum absolute atomic E-state index is 9.79. The Morgan fingerprint density at radius 2 is 0.248 bits per heavy atom. The van der Waals surface area contributed by atoms with Crippen LogP contribution in [0.1, 0.15) is 166 Å². The molecule has 0 unspecified atom stereocenters. The van der Waals surface area contributed by atoms with Gasteiger partial charge in [0.2, 0.25) is 75.9 Å². The first-order chi connectivity index (χ1) is 60.6. The molecule has 141 heavy (non-hydrogen) atoms. The molecule has 0 spiro atoms. The number of halogens is 9. The molecule has 0 atom stereocenters. The van der Waals surface area contributed by atoms with E-state index in [1.165, 1.54) is 0 Å². The molecule has 0 saturated heterocycles. The van der Waals surface area contributed by atoms with Gasteiger partial charge in [0, 0.05) is 84.8 Å². The van der Waals surface area contributed by atoms with Crippen molar-refractivity contribution < 1.29 is 301 Å². The molecule has 12 rings (SSSR count). The van der Waals surface area contributed by atoms with Gasteiger partial charge in [0.15, 0.2) is 40.0 Å². The van der Waals surface area contributed by atoms with Crippen molar-refractivity contribution >= 4 is 84.8 Å². The fourth-order valence-electron chi connectivity index (χ4n) is 12.7. The van der Waals surface area contributed by atoms with Gasteiger partial charge in [0.05, 0.1) is 146 Å². The number of imidazole rings is 12. The summed E-state index contributed by atoms with van der Waals surface area (Å²) < 4.78 is 44.6. The second-order valence-electron chi connectivity index (χ2n) is 40.5. The van der Waals surface area contributed by atoms with E-state index in [1.807, 2.05) is 258 Å². The molecular formula is C90H144Au6Br9N24O12+3. The minimum absolute atomic E-state index is 0. The van der Waals surface area contributed by atoms with Gasteiger partial charge in [0.1, 0.15) is 0 Å². The van der Waals surface area contributed by atoms with Crippen LogP contribution in [0.3, 0.4) is 0 Å². The average Bonchev–Trinajstić information content (AvgIpc) is 1.73. The first-order valence-electron chi connectivity index (χ1n) is 42.5. The van der Waals surface area contributed by atoms with Gasteiger partial charge in [-0.05, 0) is 315 Å². The molecule has 0 aromatic carbocycles. The van der Waals surface area contributed by atoms with Crippen LogP contribution in [0.5, 0.6) is 0 Å². The Kier molecular flexibility index (Phi) is 72.6. The van der Waals surface area contributed by atoms with E-state index in [1.54, 1.807) is 166 Å². The summed E-state index contributed by atoms with van der Waals surface area (Å²) in [4.78, 5) is 0. The van der Waals surface area contributed by atoms with E-state index in [9.17, 15) is 61.3 Å². The first kappa shape index (κ1) is 150. The van der Waals surface area contributed by atoms with Crippen LogP contribution in [0.25, 0.3) is 0 Å². The zero-order chi connectivity index (χ0) is 100. The molecule has 0 radical (unpaired) electrons. The van der Waals surface area contributed by atoms with Crippen LogP contribution in [0, 0.1) is 75.9 Å². The van der Waals surface area contributed by atoms with E-state index in [-0.39, 0.29) is 185 Å². The van der Waals surface area contributed by atoms with Crippen molar-refractivity contribution in [1.29, 1.82) is 0 Å². The Balaban J connectivity index is -0.000000379. The average molecular weight is 3660 g/mol. The molecule has 0 amide bonds. The van der Waals surface area contributed by atoms with Gasteiger partial charge in [-0.1, -0.05) is 0 Å². The van der Waals surface area contributed by atoms with Crippen LogP contribution < -0.4 is 106 Å². The third kappa shape index (κ3) is 71.4. The van der Waals surface area contributed by atoms with E-state index in [2.05, 4.69) is 161 Å². The maximum atomic E-state index is 9.79. The van der Waals surface area contributed by atoms with E-state index in [0.717, 1.165) is 0 Å². The topological polar surface area (TPSA) is 348 Å². The third-order valence-electron chi connectivity index (χ3n) is 16.7. The minimum atomic E-state index is -0.761. The Bertz CT molecular complexity index is 4120. The van der Waals surface area contributed by atoms with Crippen molar-refractivity contribution in [3.05, 3.63) is 225 Å². The van der Waals surface area contributed by atoms with Crippen LogP contribution >= 0.6 is 84.8 Å². The second kappa shape index (κ2) is 68.1. The SMILES string of the molecule is BrBr.BrBr.BrBr.CC(C)(O)Cn1[c-][n+](Cn2[c-][n+](CC(C)(C)O)cc2)cc1.CC(C)(O)Cn1[c-][n+](Cn2[c-][n+](CC(C)(C)O)cc2)cc1.CC(C)(O)Cn1[c-][n+](Cn2[c-][n+](CC(C)(C)O)cc2)cc1.CC(C)(O)Cn1[c-][n+](Cn2[c-][n+](CC(C)(C)O)cc2)cc1.CC(C)(O)Cn1[c-][n+](Cn2[c-][n+](CC(C)(C)O)cc2)cc1.CC(C)(O)Cn1[c-][n+](Cn2[c-][n+](CC(C)(C)O)cc2)cc1.[Au+].[Au+].[Au+].[Au+].[Au+].[Au+].[Br-].[Br-].[Br-]. The van der Waals surface area contributed by atoms with Gasteiger partial charge in [-0.15, -0.1) is 0 Å². The van der Waals surface area contributed by atoms with Crippen molar-refractivity contribution in [2.45, 2.75) is 352 Å². The second-order valence-corrected chi connectivity index (χ2v) is 40.5. The molecule has 12 N–H and O–H groups in total. The molecule has 51 heteroatoms. The van der Waals surface area contributed by atoms with E-state index in [4.69, 9.17) is 0 Å².